The first-order chi connectivity index (χ1) is 25.8. The zero-order chi connectivity index (χ0) is 34.2. The molecule has 0 aliphatic heterocycles. The molecule has 0 bridgehead atoms. The molecule has 3 nitrogen and oxygen atoms in total. The molecular weight excluding hydrogens is 655 g/mol. The maximum atomic E-state index is 6.97. The minimum Gasteiger partial charge on any atom is -0.456 e. The first-order valence-electron chi connectivity index (χ1n) is 17.5. The van der Waals surface area contributed by atoms with Gasteiger partial charge in [0.25, 0.3) is 0 Å². The summed E-state index contributed by atoms with van der Waals surface area (Å²) in [5, 5.41) is 6.79. The van der Waals surface area contributed by atoms with Crippen LogP contribution in [0, 0.1) is 0 Å². The summed E-state index contributed by atoms with van der Waals surface area (Å²) in [7, 11) is 0. The summed E-state index contributed by atoms with van der Waals surface area (Å²) in [6.45, 7) is 0. The molecule has 0 aliphatic carbocycles. The first kappa shape index (κ1) is 29.1. The quantitative estimate of drug-likeness (QED) is 0.181. The van der Waals surface area contributed by atoms with Gasteiger partial charge in [0.1, 0.15) is 22.3 Å². The molecule has 0 N–H and O–H groups in total. The molecule has 0 saturated carbocycles. The molecule has 0 spiro atoms. The summed E-state index contributed by atoms with van der Waals surface area (Å²) >= 11 is 1.84. The third-order valence-electron chi connectivity index (χ3n) is 10.3. The van der Waals surface area contributed by atoms with Gasteiger partial charge in [0.2, 0.25) is 0 Å². The molecule has 244 valence electrons. The van der Waals surface area contributed by atoms with Crippen LogP contribution >= 0.6 is 11.3 Å². The van der Waals surface area contributed by atoms with Gasteiger partial charge < -0.3 is 13.7 Å². The van der Waals surface area contributed by atoms with Crippen LogP contribution in [0.25, 0.3) is 86.3 Å². The number of rotatable bonds is 5. The summed E-state index contributed by atoms with van der Waals surface area (Å²) < 4.78 is 16.0. The zero-order valence-corrected chi connectivity index (χ0v) is 28.7. The van der Waals surface area contributed by atoms with Crippen LogP contribution in [-0.4, -0.2) is 0 Å². The maximum Gasteiger partial charge on any atom is 0.144 e. The molecule has 52 heavy (non-hydrogen) atoms. The molecule has 4 heteroatoms. The number of furan rings is 2. The van der Waals surface area contributed by atoms with E-state index in [2.05, 4.69) is 169 Å². The largest absolute Gasteiger partial charge is 0.456 e. The standard InChI is InChI=1S/C48H29NO2S/c1-3-12-30(13-4-1)31-22-24-33(25-23-31)49(40-19-11-18-37-36-16-8-10-21-44(36)52-48(37)40)34-26-27-35-39-29-43-46(38-17-7-9-20-41(38)50-43)45(32-14-5-2-6-15-32)47(39)51-42(35)28-34/h1-29H. The molecule has 8 aromatic carbocycles. The number of fused-ring (bicyclic) bond motifs is 9. The highest BCUT2D eigenvalue weighted by atomic mass is 32.1. The Morgan fingerprint density at radius 3 is 1.90 bits per heavy atom. The van der Waals surface area contributed by atoms with E-state index in [9.17, 15) is 0 Å². The lowest BCUT2D eigenvalue weighted by atomic mass is 9.96. The second kappa shape index (κ2) is 11.5. The highest BCUT2D eigenvalue weighted by Crippen LogP contribution is 2.48. The van der Waals surface area contributed by atoms with E-state index in [-0.39, 0.29) is 0 Å². The second-order valence-corrected chi connectivity index (χ2v) is 14.3. The van der Waals surface area contributed by atoms with E-state index in [1.807, 2.05) is 23.5 Å². The third-order valence-corrected chi connectivity index (χ3v) is 11.5. The summed E-state index contributed by atoms with van der Waals surface area (Å²) in [6, 6.07) is 62.3. The van der Waals surface area contributed by atoms with Crippen LogP contribution in [0.3, 0.4) is 0 Å². The van der Waals surface area contributed by atoms with E-state index < -0.39 is 0 Å². The average molecular weight is 684 g/mol. The van der Waals surface area contributed by atoms with E-state index in [0.29, 0.717) is 0 Å². The summed E-state index contributed by atoms with van der Waals surface area (Å²) in [5.41, 5.74) is 11.2. The summed E-state index contributed by atoms with van der Waals surface area (Å²) in [6.07, 6.45) is 0. The van der Waals surface area contributed by atoms with Gasteiger partial charge in [-0.1, -0.05) is 121 Å². The highest BCUT2D eigenvalue weighted by molar-refractivity contribution is 7.26. The molecule has 0 saturated heterocycles. The van der Waals surface area contributed by atoms with Gasteiger partial charge in [0.05, 0.1) is 10.4 Å². The van der Waals surface area contributed by atoms with E-state index in [1.54, 1.807) is 0 Å². The van der Waals surface area contributed by atoms with Crippen molar-refractivity contribution in [1.82, 2.24) is 0 Å². The second-order valence-electron chi connectivity index (χ2n) is 13.2. The minimum absolute atomic E-state index is 0.830. The fraction of sp³-hybridized carbons (Fsp3) is 0. The lowest BCUT2D eigenvalue weighted by Gasteiger charge is -2.26. The van der Waals surface area contributed by atoms with E-state index >= 15 is 0 Å². The number of hydrogen-bond acceptors (Lipinski definition) is 4. The van der Waals surface area contributed by atoms with Crippen molar-refractivity contribution in [3.63, 3.8) is 0 Å². The van der Waals surface area contributed by atoms with Gasteiger partial charge in [0, 0.05) is 60.0 Å². The molecule has 0 atom stereocenters. The predicted octanol–water partition coefficient (Wildman–Crippen LogP) is 14.7. The average Bonchev–Trinajstić information content (AvgIpc) is 3.89. The van der Waals surface area contributed by atoms with Crippen LogP contribution in [-0.2, 0) is 0 Å². The molecule has 11 rings (SSSR count). The van der Waals surface area contributed by atoms with Crippen LogP contribution in [0.4, 0.5) is 17.1 Å². The van der Waals surface area contributed by atoms with Crippen molar-refractivity contribution in [2.24, 2.45) is 0 Å². The Labute approximate surface area is 303 Å². The zero-order valence-electron chi connectivity index (χ0n) is 27.9. The molecule has 0 fully saturated rings. The first-order valence-corrected chi connectivity index (χ1v) is 18.3. The van der Waals surface area contributed by atoms with Crippen molar-refractivity contribution in [3.05, 3.63) is 176 Å². The van der Waals surface area contributed by atoms with Crippen LogP contribution in [0.15, 0.2) is 185 Å². The van der Waals surface area contributed by atoms with Gasteiger partial charge in [-0.25, -0.2) is 0 Å². The summed E-state index contributed by atoms with van der Waals surface area (Å²) in [5.74, 6) is 0. The molecule has 0 aliphatic rings. The lowest BCUT2D eigenvalue weighted by molar-refractivity contribution is 0.664. The number of anilines is 3. The van der Waals surface area contributed by atoms with E-state index in [4.69, 9.17) is 8.83 Å². The molecule has 0 amide bonds. The summed E-state index contributed by atoms with van der Waals surface area (Å²) in [4.78, 5) is 2.37. The monoisotopic (exact) mass is 683 g/mol. The van der Waals surface area contributed by atoms with Crippen molar-refractivity contribution < 1.29 is 8.83 Å². The van der Waals surface area contributed by atoms with Gasteiger partial charge in [-0.15, -0.1) is 11.3 Å². The normalized spacial score (nSPS) is 11.8. The minimum atomic E-state index is 0.830. The molecule has 3 heterocycles. The fourth-order valence-electron chi connectivity index (χ4n) is 7.89. The van der Waals surface area contributed by atoms with Crippen LogP contribution < -0.4 is 4.90 Å². The number of thiophene rings is 1. The Morgan fingerprint density at radius 2 is 1.08 bits per heavy atom. The van der Waals surface area contributed by atoms with Crippen LogP contribution in [0.2, 0.25) is 0 Å². The van der Waals surface area contributed by atoms with Crippen molar-refractivity contribution in [1.29, 1.82) is 0 Å². The topological polar surface area (TPSA) is 29.5 Å². The fourth-order valence-corrected chi connectivity index (χ4v) is 9.10. The van der Waals surface area contributed by atoms with Gasteiger partial charge in [-0.2, -0.15) is 0 Å². The lowest BCUT2D eigenvalue weighted by Crippen LogP contribution is -2.10. The molecule has 0 radical (unpaired) electrons. The smallest absolute Gasteiger partial charge is 0.144 e. The number of benzene rings is 8. The Balaban J connectivity index is 1.16. The molecule has 11 aromatic rings. The van der Waals surface area contributed by atoms with Crippen molar-refractivity contribution >= 4 is 92.4 Å². The third kappa shape index (κ3) is 4.45. The number of para-hydroxylation sites is 1. The van der Waals surface area contributed by atoms with Crippen molar-refractivity contribution in [2.75, 3.05) is 4.90 Å². The Hall–Kier alpha value is -6.62. The van der Waals surface area contributed by atoms with Gasteiger partial charge in [-0.3, -0.25) is 0 Å². The number of nitrogens with zero attached hydrogens (tertiary/aromatic N) is 1. The SMILES string of the molecule is c1ccc(-c2ccc(N(c3ccc4c(c3)oc3c(-c5ccccc5)c5c(cc34)oc3ccccc35)c3cccc4c3sc3ccccc34)cc2)cc1. The Bertz CT molecular complexity index is 3120. The van der Waals surface area contributed by atoms with Gasteiger partial charge in [0.15, 0.2) is 0 Å². The Morgan fingerprint density at radius 1 is 0.404 bits per heavy atom. The number of hydrogen-bond donors (Lipinski definition) is 0. The maximum absolute atomic E-state index is 6.97. The predicted molar refractivity (Wildman–Crippen MR) is 219 cm³/mol. The van der Waals surface area contributed by atoms with E-state index in [0.717, 1.165) is 72.1 Å². The Kier molecular flexibility index (Phi) is 6.42. The van der Waals surface area contributed by atoms with Crippen molar-refractivity contribution in [3.8, 4) is 22.3 Å². The van der Waals surface area contributed by atoms with Gasteiger partial charge in [-0.05, 0) is 65.2 Å². The molecule has 3 aromatic heterocycles. The van der Waals surface area contributed by atoms with Crippen LogP contribution in [0.1, 0.15) is 0 Å². The van der Waals surface area contributed by atoms with Crippen LogP contribution in [0.5, 0.6) is 0 Å². The molecule has 0 unspecified atom stereocenters. The van der Waals surface area contributed by atoms with Crippen molar-refractivity contribution in [2.45, 2.75) is 0 Å². The highest BCUT2D eigenvalue weighted by Gasteiger charge is 2.23. The molecular formula is C48H29NO2S. The van der Waals surface area contributed by atoms with E-state index in [1.165, 1.54) is 31.3 Å². The van der Waals surface area contributed by atoms with Gasteiger partial charge >= 0.3 is 0 Å².